The van der Waals surface area contributed by atoms with Gasteiger partial charge in [-0.05, 0) is 56.2 Å². The Balaban J connectivity index is 2.60. The van der Waals surface area contributed by atoms with Crippen LogP contribution in [0.5, 0.6) is 0 Å². The van der Waals surface area contributed by atoms with Crippen LogP contribution in [-0.2, 0) is 18.7 Å². The number of hydrogen-bond donors (Lipinski definition) is 0. The van der Waals surface area contributed by atoms with Crippen molar-refractivity contribution in [2.45, 2.75) is 45.4 Å². The molecule has 2 rings (SSSR count). The van der Waals surface area contributed by atoms with Crippen molar-refractivity contribution < 1.29 is 0 Å². The fourth-order valence-corrected chi connectivity index (χ4v) is 2.54. The van der Waals surface area contributed by atoms with Gasteiger partial charge < -0.3 is 0 Å². The zero-order chi connectivity index (χ0) is 10.1. The van der Waals surface area contributed by atoms with Crippen molar-refractivity contribution >= 4 is 11.6 Å². The zero-order valence-electron chi connectivity index (χ0n) is 8.86. The SMILES string of the molecule is Cc1nc(CCl)c2c(c1C)CCCC2. The monoisotopic (exact) mass is 209 g/mol. The van der Waals surface area contributed by atoms with E-state index < -0.39 is 0 Å². The third kappa shape index (κ3) is 1.54. The number of aromatic nitrogens is 1. The van der Waals surface area contributed by atoms with Crippen LogP contribution in [-0.4, -0.2) is 4.98 Å². The molecular formula is C12H16ClN. The number of hydrogen-bond acceptors (Lipinski definition) is 1. The molecule has 1 aromatic heterocycles. The summed E-state index contributed by atoms with van der Waals surface area (Å²) in [6.45, 7) is 4.27. The number of pyridine rings is 1. The van der Waals surface area contributed by atoms with Gasteiger partial charge in [0, 0.05) is 5.69 Å². The molecule has 0 saturated carbocycles. The molecule has 2 heteroatoms. The van der Waals surface area contributed by atoms with Gasteiger partial charge >= 0.3 is 0 Å². The Labute approximate surface area is 90.5 Å². The Morgan fingerprint density at radius 1 is 1.14 bits per heavy atom. The Hall–Kier alpha value is -0.560. The van der Waals surface area contributed by atoms with Gasteiger partial charge in [-0.15, -0.1) is 11.6 Å². The van der Waals surface area contributed by atoms with E-state index in [2.05, 4.69) is 18.8 Å². The van der Waals surface area contributed by atoms with E-state index in [9.17, 15) is 0 Å². The van der Waals surface area contributed by atoms with Crippen LogP contribution in [0.4, 0.5) is 0 Å². The van der Waals surface area contributed by atoms with E-state index in [0.717, 1.165) is 11.4 Å². The summed E-state index contributed by atoms with van der Waals surface area (Å²) < 4.78 is 0. The van der Waals surface area contributed by atoms with Crippen LogP contribution >= 0.6 is 11.6 Å². The number of fused-ring (bicyclic) bond motifs is 1. The first-order chi connectivity index (χ1) is 6.74. The van der Waals surface area contributed by atoms with Crippen molar-refractivity contribution in [3.8, 4) is 0 Å². The second-order valence-corrected chi connectivity index (χ2v) is 4.33. The Morgan fingerprint density at radius 2 is 1.79 bits per heavy atom. The van der Waals surface area contributed by atoms with E-state index in [1.54, 1.807) is 0 Å². The van der Waals surface area contributed by atoms with Gasteiger partial charge in [-0.1, -0.05) is 0 Å². The highest BCUT2D eigenvalue weighted by molar-refractivity contribution is 6.17. The molecule has 1 nitrogen and oxygen atoms in total. The van der Waals surface area contributed by atoms with Gasteiger partial charge in [0.1, 0.15) is 0 Å². The molecule has 0 N–H and O–H groups in total. The molecule has 0 bridgehead atoms. The maximum Gasteiger partial charge on any atom is 0.0650 e. The lowest BCUT2D eigenvalue weighted by molar-refractivity contribution is 0.669. The summed E-state index contributed by atoms with van der Waals surface area (Å²) >= 11 is 5.93. The quantitative estimate of drug-likeness (QED) is 0.647. The molecular weight excluding hydrogens is 194 g/mol. The van der Waals surface area contributed by atoms with Crippen LogP contribution in [0.1, 0.15) is 40.9 Å². The van der Waals surface area contributed by atoms with Crippen molar-refractivity contribution in [3.05, 3.63) is 28.1 Å². The number of alkyl halides is 1. The number of nitrogens with zero attached hydrogens (tertiary/aromatic N) is 1. The maximum absolute atomic E-state index is 5.93. The molecule has 0 amide bonds. The second kappa shape index (κ2) is 3.90. The second-order valence-electron chi connectivity index (χ2n) is 4.07. The van der Waals surface area contributed by atoms with E-state index in [0.29, 0.717) is 5.88 Å². The summed E-state index contributed by atoms with van der Waals surface area (Å²) in [5.41, 5.74) is 6.62. The molecule has 1 heterocycles. The number of halogens is 1. The summed E-state index contributed by atoms with van der Waals surface area (Å²) in [7, 11) is 0. The third-order valence-corrected chi connectivity index (χ3v) is 3.49. The normalized spacial score (nSPS) is 15.4. The summed E-state index contributed by atoms with van der Waals surface area (Å²) in [5, 5.41) is 0. The molecule has 0 unspecified atom stereocenters. The number of aryl methyl sites for hydroxylation is 1. The molecule has 1 aliphatic rings. The van der Waals surface area contributed by atoms with Crippen molar-refractivity contribution in [1.29, 1.82) is 0 Å². The van der Waals surface area contributed by atoms with Gasteiger partial charge in [0.2, 0.25) is 0 Å². The molecule has 0 aromatic carbocycles. The smallest absolute Gasteiger partial charge is 0.0650 e. The molecule has 1 aliphatic carbocycles. The first-order valence-electron chi connectivity index (χ1n) is 5.28. The van der Waals surface area contributed by atoms with Gasteiger partial charge in [-0.25, -0.2) is 0 Å². The van der Waals surface area contributed by atoms with Gasteiger partial charge in [-0.2, -0.15) is 0 Å². The molecule has 0 aliphatic heterocycles. The minimum atomic E-state index is 0.559. The van der Waals surface area contributed by atoms with Gasteiger partial charge in [-0.3, -0.25) is 4.98 Å². The molecule has 14 heavy (non-hydrogen) atoms. The zero-order valence-corrected chi connectivity index (χ0v) is 9.62. The number of rotatable bonds is 1. The Kier molecular flexibility index (Phi) is 2.78. The molecule has 0 radical (unpaired) electrons. The standard InChI is InChI=1S/C12H16ClN/c1-8-9(2)14-12(7-13)11-6-4-3-5-10(8)11/h3-7H2,1-2H3. The lowest BCUT2D eigenvalue weighted by atomic mass is 9.87. The van der Waals surface area contributed by atoms with E-state index in [1.807, 2.05) is 0 Å². The summed E-state index contributed by atoms with van der Waals surface area (Å²) in [5.74, 6) is 0.559. The third-order valence-electron chi connectivity index (χ3n) is 3.24. The van der Waals surface area contributed by atoms with Gasteiger partial charge in [0.25, 0.3) is 0 Å². The van der Waals surface area contributed by atoms with Crippen LogP contribution in [0.2, 0.25) is 0 Å². The lowest BCUT2D eigenvalue weighted by Crippen LogP contribution is -2.11. The predicted molar refractivity (Wildman–Crippen MR) is 59.9 cm³/mol. The fourth-order valence-electron chi connectivity index (χ4n) is 2.32. The van der Waals surface area contributed by atoms with E-state index in [4.69, 9.17) is 11.6 Å². The minimum absolute atomic E-state index is 0.559. The summed E-state index contributed by atoms with van der Waals surface area (Å²) in [6.07, 6.45) is 5.00. The van der Waals surface area contributed by atoms with Crippen LogP contribution < -0.4 is 0 Å². The fraction of sp³-hybridized carbons (Fsp3) is 0.583. The first-order valence-corrected chi connectivity index (χ1v) is 5.81. The molecule has 0 atom stereocenters. The van der Waals surface area contributed by atoms with Gasteiger partial charge in [0.15, 0.2) is 0 Å². The summed E-state index contributed by atoms with van der Waals surface area (Å²) in [6, 6.07) is 0. The maximum atomic E-state index is 5.93. The highest BCUT2D eigenvalue weighted by Gasteiger charge is 2.17. The van der Waals surface area contributed by atoms with E-state index >= 15 is 0 Å². The Bertz CT molecular complexity index is 358. The van der Waals surface area contributed by atoms with Crippen molar-refractivity contribution in [2.75, 3.05) is 0 Å². The molecule has 0 fully saturated rings. The van der Waals surface area contributed by atoms with Gasteiger partial charge in [0.05, 0.1) is 11.6 Å². The highest BCUT2D eigenvalue weighted by atomic mass is 35.5. The van der Waals surface area contributed by atoms with Crippen molar-refractivity contribution in [1.82, 2.24) is 4.98 Å². The summed E-state index contributed by atoms with van der Waals surface area (Å²) in [4.78, 5) is 4.57. The van der Waals surface area contributed by atoms with Crippen LogP contribution in [0.15, 0.2) is 0 Å². The highest BCUT2D eigenvalue weighted by Crippen LogP contribution is 2.28. The Morgan fingerprint density at radius 3 is 2.43 bits per heavy atom. The largest absolute Gasteiger partial charge is 0.256 e. The van der Waals surface area contributed by atoms with Crippen molar-refractivity contribution in [3.63, 3.8) is 0 Å². The lowest BCUT2D eigenvalue weighted by Gasteiger charge is -2.21. The first kappa shape index (κ1) is 9.97. The van der Waals surface area contributed by atoms with Crippen LogP contribution in [0.3, 0.4) is 0 Å². The average molecular weight is 210 g/mol. The average Bonchev–Trinajstić information content (AvgIpc) is 2.23. The molecule has 1 aromatic rings. The molecule has 0 saturated heterocycles. The molecule has 76 valence electrons. The van der Waals surface area contributed by atoms with E-state index in [-0.39, 0.29) is 0 Å². The minimum Gasteiger partial charge on any atom is -0.256 e. The van der Waals surface area contributed by atoms with E-state index in [1.165, 1.54) is 42.4 Å². The molecule has 0 spiro atoms. The predicted octanol–water partition coefficient (Wildman–Crippen LogP) is 3.32. The van der Waals surface area contributed by atoms with Crippen LogP contribution in [0.25, 0.3) is 0 Å². The van der Waals surface area contributed by atoms with Crippen LogP contribution in [0, 0.1) is 13.8 Å². The topological polar surface area (TPSA) is 12.9 Å². The van der Waals surface area contributed by atoms with Crippen molar-refractivity contribution in [2.24, 2.45) is 0 Å².